The summed E-state index contributed by atoms with van der Waals surface area (Å²) in [7, 11) is -2.41. The Balaban J connectivity index is 1.57. The van der Waals surface area contributed by atoms with Gasteiger partial charge in [0.15, 0.2) is 0 Å². The summed E-state index contributed by atoms with van der Waals surface area (Å²) in [5, 5.41) is 1.33. The van der Waals surface area contributed by atoms with Crippen LogP contribution in [0.15, 0.2) is 51.7 Å². The van der Waals surface area contributed by atoms with Crippen LogP contribution in [0.4, 0.5) is 17.1 Å². The predicted octanol–water partition coefficient (Wildman–Crippen LogP) is 3.77. The van der Waals surface area contributed by atoms with Gasteiger partial charge in [0.25, 0.3) is 0 Å². The molecule has 4 saturated heterocycles. The van der Waals surface area contributed by atoms with E-state index in [1.165, 1.54) is 16.7 Å². The van der Waals surface area contributed by atoms with Crippen molar-refractivity contribution in [2.45, 2.75) is 0 Å². The number of ether oxygens (including phenoxy) is 4. The fraction of sp³-hybridized carbons (Fsp3) is 0.571. The van der Waals surface area contributed by atoms with Gasteiger partial charge in [-0.1, -0.05) is 15.9 Å². The Morgan fingerprint density at radius 3 is 1.62 bits per heavy atom. The van der Waals surface area contributed by atoms with E-state index in [-0.39, 0.29) is 0 Å². The van der Waals surface area contributed by atoms with Crippen LogP contribution in [-0.2, 0) is 18.9 Å². The van der Waals surface area contributed by atoms with Gasteiger partial charge in [-0.2, -0.15) is 0 Å². The lowest BCUT2D eigenvalue weighted by molar-refractivity contribution is 0.0579. The predicted molar refractivity (Wildman–Crippen MR) is 160 cm³/mol. The molecule has 11 heteroatoms. The standard InChI is InChI=1S/C28H39BrN5O4P/c29-24-1-3-25(4-2-24)30-39(33-11-19-37-20-12-33,34-13-21-38-22-14-34)28-6-5-26(31-7-15-35-16-8-31)23-27(28)32-9-17-36-18-10-32/h1-6,23H,7-22H2. The van der Waals surface area contributed by atoms with Gasteiger partial charge >= 0.3 is 0 Å². The van der Waals surface area contributed by atoms with E-state index in [0.717, 1.165) is 115 Å². The van der Waals surface area contributed by atoms with Crippen LogP contribution in [0.1, 0.15) is 0 Å². The van der Waals surface area contributed by atoms with Crippen molar-refractivity contribution < 1.29 is 18.9 Å². The second kappa shape index (κ2) is 13.0. The molecular weight excluding hydrogens is 581 g/mol. The van der Waals surface area contributed by atoms with E-state index in [1.807, 2.05) is 0 Å². The summed E-state index contributed by atoms with van der Waals surface area (Å²) in [6.45, 7) is 12.9. The molecule has 0 N–H and O–H groups in total. The highest BCUT2D eigenvalue weighted by Gasteiger charge is 2.41. The van der Waals surface area contributed by atoms with Crippen molar-refractivity contribution in [2.24, 2.45) is 4.74 Å². The lowest BCUT2D eigenvalue weighted by Gasteiger charge is -2.48. The van der Waals surface area contributed by atoms with Crippen molar-refractivity contribution in [3.63, 3.8) is 0 Å². The van der Waals surface area contributed by atoms with Crippen LogP contribution in [0.3, 0.4) is 0 Å². The minimum Gasteiger partial charge on any atom is -0.379 e. The van der Waals surface area contributed by atoms with Gasteiger partial charge in [0.2, 0.25) is 0 Å². The molecule has 0 spiro atoms. The molecule has 0 unspecified atom stereocenters. The third-order valence-electron chi connectivity index (χ3n) is 7.86. The average Bonchev–Trinajstić information content (AvgIpc) is 3.02. The molecule has 4 heterocycles. The summed E-state index contributed by atoms with van der Waals surface area (Å²) in [5.41, 5.74) is 3.55. The topological polar surface area (TPSA) is 62.2 Å². The molecule has 212 valence electrons. The zero-order valence-electron chi connectivity index (χ0n) is 22.5. The first kappa shape index (κ1) is 27.7. The van der Waals surface area contributed by atoms with E-state index in [9.17, 15) is 0 Å². The molecule has 0 bridgehead atoms. The number of benzene rings is 2. The SMILES string of the molecule is Brc1ccc(N=P(c2ccc(N3CCOCC3)cc2N2CCOCC2)(N2CCOCC2)N2CCOCC2)cc1. The molecule has 0 saturated carbocycles. The summed E-state index contributed by atoms with van der Waals surface area (Å²) in [6, 6.07) is 15.6. The normalized spacial score (nSPS) is 22.2. The number of hydrogen-bond acceptors (Lipinski definition) is 7. The molecule has 4 fully saturated rings. The zero-order valence-corrected chi connectivity index (χ0v) is 25.0. The van der Waals surface area contributed by atoms with Crippen LogP contribution in [0.2, 0.25) is 0 Å². The molecule has 0 radical (unpaired) electrons. The fourth-order valence-corrected chi connectivity index (χ4v) is 10.1. The highest BCUT2D eigenvalue weighted by atomic mass is 79.9. The molecule has 0 amide bonds. The highest BCUT2D eigenvalue weighted by molar-refractivity contribution is 9.10. The van der Waals surface area contributed by atoms with E-state index in [2.05, 4.69) is 77.5 Å². The smallest absolute Gasteiger partial charge is 0.135 e. The van der Waals surface area contributed by atoms with Gasteiger partial charge in [-0.25, -0.2) is 14.1 Å². The number of nitrogens with zero attached hydrogens (tertiary/aromatic N) is 5. The largest absolute Gasteiger partial charge is 0.379 e. The third kappa shape index (κ3) is 6.09. The lowest BCUT2D eigenvalue weighted by atomic mass is 10.2. The van der Waals surface area contributed by atoms with Gasteiger partial charge in [-0.05, 0) is 42.5 Å². The van der Waals surface area contributed by atoms with E-state index >= 15 is 0 Å². The summed E-state index contributed by atoms with van der Waals surface area (Å²) in [6.07, 6.45) is 0. The van der Waals surface area contributed by atoms with Crippen LogP contribution in [-0.4, -0.2) is 115 Å². The molecule has 2 aromatic rings. The number of halogens is 1. The average molecular weight is 621 g/mol. The third-order valence-corrected chi connectivity index (χ3v) is 12.3. The molecular formula is C28H39BrN5O4P. The van der Waals surface area contributed by atoms with Crippen LogP contribution in [0.5, 0.6) is 0 Å². The Morgan fingerprint density at radius 2 is 1.08 bits per heavy atom. The van der Waals surface area contributed by atoms with Gasteiger partial charge in [0, 0.05) is 67.8 Å². The maximum Gasteiger partial charge on any atom is 0.135 e. The minimum absolute atomic E-state index is 0.723. The van der Waals surface area contributed by atoms with E-state index in [0.29, 0.717) is 0 Å². The highest BCUT2D eigenvalue weighted by Crippen LogP contribution is 2.59. The van der Waals surface area contributed by atoms with Crippen molar-refractivity contribution in [3.05, 3.63) is 46.9 Å². The molecule has 4 aliphatic rings. The molecule has 2 aromatic carbocycles. The number of anilines is 2. The second-order valence-corrected chi connectivity index (χ2v) is 14.0. The number of morpholine rings is 4. The Kier molecular flexibility index (Phi) is 9.22. The van der Waals surface area contributed by atoms with E-state index in [4.69, 9.17) is 23.7 Å². The number of rotatable bonds is 6. The molecule has 6 rings (SSSR count). The Bertz CT molecular complexity index is 1120. The lowest BCUT2D eigenvalue weighted by Crippen LogP contribution is -2.48. The molecule has 0 atom stereocenters. The van der Waals surface area contributed by atoms with Gasteiger partial charge in [-0.3, -0.25) is 0 Å². The van der Waals surface area contributed by atoms with Crippen molar-refractivity contribution in [3.8, 4) is 0 Å². The van der Waals surface area contributed by atoms with Crippen LogP contribution in [0.25, 0.3) is 0 Å². The van der Waals surface area contributed by atoms with Crippen molar-refractivity contribution in [1.29, 1.82) is 0 Å². The minimum atomic E-state index is -2.41. The summed E-state index contributed by atoms with van der Waals surface area (Å²) < 4.78 is 35.3. The van der Waals surface area contributed by atoms with E-state index < -0.39 is 7.36 Å². The van der Waals surface area contributed by atoms with Crippen molar-refractivity contribution >= 4 is 45.7 Å². The molecule has 4 aliphatic heterocycles. The summed E-state index contributed by atoms with van der Waals surface area (Å²) in [4.78, 5) is 4.97. The van der Waals surface area contributed by atoms with Gasteiger partial charge in [0.1, 0.15) is 7.36 Å². The van der Waals surface area contributed by atoms with Crippen molar-refractivity contribution in [1.82, 2.24) is 9.34 Å². The molecule has 0 aliphatic carbocycles. The first-order valence-electron chi connectivity index (χ1n) is 14.1. The monoisotopic (exact) mass is 619 g/mol. The maximum absolute atomic E-state index is 5.87. The zero-order chi connectivity index (χ0) is 26.5. The first-order chi connectivity index (χ1) is 19.2. The van der Waals surface area contributed by atoms with Crippen LogP contribution < -0.4 is 15.1 Å². The molecule has 0 aromatic heterocycles. The van der Waals surface area contributed by atoms with E-state index in [1.54, 1.807) is 0 Å². The Hall–Kier alpha value is -1.49. The Labute approximate surface area is 240 Å². The first-order valence-corrected chi connectivity index (χ1v) is 16.5. The van der Waals surface area contributed by atoms with Crippen LogP contribution >= 0.6 is 23.3 Å². The van der Waals surface area contributed by atoms with Gasteiger partial charge in [0.05, 0.1) is 64.2 Å². The van der Waals surface area contributed by atoms with Gasteiger partial charge < -0.3 is 28.7 Å². The summed E-state index contributed by atoms with van der Waals surface area (Å²) >= 11 is 3.61. The maximum atomic E-state index is 5.87. The van der Waals surface area contributed by atoms with Crippen molar-refractivity contribution in [2.75, 3.05) is 115 Å². The Morgan fingerprint density at radius 1 is 0.590 bits per heavy atom. The molecule has 39 heavy (non-hydrogen) atoms. The van der Waals surface area contributed by atoms with Crippen LogP contribution in [0, 0.1) is 0 Å². The summed E-state index contributed by atoms with van der Waals surface area (Å²) in [5.74, 6) is 0. The number of hydrogen-bond donors (Lipinski definition) is 0. The second-order valence-electron chi connectivity index (χ2n) is 10.1. The molecule has 9 nitrogen and oxygen atoms in total. The van der Waals surface area contributed by atoms with Gasteiger partial charge in [-0.15, -0.1) is 0 Å². The quantitative estimate of drug-likeness (QED) is 0.453. The fourth-order valence-electron chi connectivity index (χ4n) is 5.84.